The lowest BCUT2D eigenvalue weighted by molar-refractivity contribution is -0.117. The zero-order valence-corrected chi connectivity index (χ0v) is 17.9. The van der Waals surface area contributed by atoms with Crippen molar-refractivity contribution in [1.29, 1.82) is 0 Å². The van der Waals surface area contributed by atoms with Gasteiger partial charge in [-0.05, 0) is 37.1 Å². The van der Waals surface area contributed by atoms with Crippen molar-refractivity contribution >= 4 is 51.9 Å². The summed E-state index contributed by atoms with van der Waals surface area (Å²) in [4.78, 5) is 39.7. The van der Waals surface area contributed by atoms with Crippen LogP contribution in [0.5, 0.6) is 0 Å². The number of amides is 2. The van der Waals surface area contributed by atoms with Crippen LogP contribution in [0.1, 0.15) is 19.3 Å². The minimum atomic E-state index is -0.173. The molecule has 2 aromatic carbocycles. The molecule has 2 aliphatic rings. The molecule has 2 aliphatic heterocycles. The van der Waals surface area contributed by atoms with Crippen LogP contribution in [0.2, 0.25) is 0 Å². The summed E-state index contributed by atoms with van der Waals surface area (Å²) >= 11 is 1.54. The second kappa shape index (κ2) is 8.55. The van der Waals surface area contributed by atoms with Crippen LogP contribution in [-0.2, 0) is 9.59 Å². The summed E-state index contributed by atoms with van der Waals surface area (Å²) < 4.78 is 0. The largest absolute Gasteiger partial charge is 0.354 e. The molecule has 0 aliphatic carbocycles. The van der Waals surface area contributed by atoms with Crippen molar-refractivity contribution < 1.29 is 9.59 Å². The highest BCUT2D eigenvalue weighted by Gasteiger charge is 2.25. The highest BCUT2D eigenvalue weighted by molar-refractivity contribution is 8.00. The Bertz CT molecular complexity index is 1150. The monoisotopic (exact) mass is 433 g/mol. The number of benzene rings is 2. The van der Waals surface area contributed by atoms with Gasteiger partial charge in [-0.25, -0.2) is 9.97 Å². The number of thioether (sulfide) groups is 1. The number of anilines is 3. The highest BCUT2D eigenvalue weighted by Crippen LogP contribution is 2.35. The standard InChI is InChI=1S/C23H23N5O2S/c29-20(11-14-28-18-9-3-4-10-19(18)31-15-21(28)30)26-22-23(27-12-5-6-13-27)25-17-8-2-1-7-16(17)24-22/h1-4,7-10H,5-6,11-15H2,(H,24,26,29). The van der Waals surface area contributed by atoms with E-state index in [1.807, 2.05) is 48.5 Å². The Hall–Kier alpha value is -3.13. The molecule has 8 heteroatoms. The molecule has 1 saturated heterocycles. The van der Waals surface area contributed by atoms with E-state index < -0.39 is 0 Å². The van der Waals surface area contributed by atoms with Gasteiger partial charge in [-0.1, -0.05) is 24.3 Å². The minimum Gasteiger partial charge on any atom is -0.354 e. The fraction of sp³-hybridized carbons (Fsp3) is 0.304. The topological polar surface area (TPSA) is 78.4 Å². The first kappa shape index (κ1) is 19.8. The maximum absolute atomic E-state index is 12.8. The molecule has 3 aromatic rings. The summed E-state index contributed by atoms with van der Waals surface area (Å²) in [5.74, 6) is 1.47. The van der Waals surface area contributed by atoms with E-state index in [0.717, 1.165) is 53.4 Å². The van der Waals surface area contributed by atoms with Crippen LogP contribution in [0, 0.1) is 0 Å². The van der Waals surface area contributed by atoms with E-state index in [1.165, 1.54) is 11.8 Å². The van der Waals surface area contributed by atoms with Crippen LogP contribution < -0.4 is 15.1 Å². The summed E-state index contributed by atoms with van der Waals surface area (Å²) in [5, 5.41) is 2.96. The predicted octanol–water partition coefficient (Wildman–Crippen LogP) is 3.70. The SMILES string of the molecule is O=C(CCN1C(=O)CSc2ccccc21)Nc1nc2ccccc2nc1N1CCCC1. The van der Waals surface area contributed by atoms with E-state index in [-0.39, 0.29) is 18.2 Å². The van der Waals surface area contributed by atoms with E-state index in [0.29, 0.717) is 18.1 Å². The summed E-state index contributed by atoms with van der Waals surface area (Å²) in [6.07, 6.45) is 2.41. The van der Waals surface area contributed by atoms with Gasteiger partial charge < -0.3 is 15.1 Å². The number of aromatic nitrogens is 2. The van der Waals surface area contributed by atoms with Crippen molar-refractivity contribution in [3.05, 3.63) is 48.5 Å². The second-order valence-corrected chi connectivity index (χ2v) is 8.70. The quantitative estimate of drug-likeness (QED) is 0.661. The number of hydrogen-bond donors (Lipinski definition) is 1. The number of fused-ring (bicyclic) bond motifs is 2. The van der Waals surface area contributed by atoms with Gasteiger partial charge in [0.15, 0.2) is 11.6 Å². The number of carbonyl (C=O) groups is 2. The smallest absolute Gasteiger partial charge is 0.237 e. The van der Waals surface area contributed by atoms with Crippen molar-refractivity contribution in [3.63, 3.8) is 0 Å². The second-order valence-electron chi connectivity index (χ2n) is 7.68. The zero-order chi connectivity index (χ0) is 21.2. The van der Waals surface area contributed by atoms with Gasteiger partial charge >= 0.3 is 0 Å². The van der Waals surface area contributed by atoms with Gasteiger partial charge in [0.2, 0.25) is 11.8 Å². The Morgan fingerprint density at radius 1 is 1.00 bits per heavy atom. The van der Waals surface area contributed by atoms with Crippen molar-refractivity contribution in [2.24, 2.45) is 0 Å². The number of para-hydroxylation sites is 3. The summed E-state index contributed by atoms with van der Waals surface area (Å²) in [7, 11) is 0. The van der Waals surface area contributed by atoms with E-state index >= 15 is 0 Å². The molecule has 0 radical (unpaired) electrons. The van der Waals surface area contributed by atoms with Crippen LogP contribution in [0.4, 0.5) is 17.3 Å². The number of hydrogen-bond acceptors (Lipinski definition) is 6. The molecule has 3 heterocycles. The predicted molar refractivity (Wildman–Crippen MR) is 124 cm³/mol. The molecule has 0 atom stereocenters. The number of carbonyl (C=O) groups excluding carboxylic acids is 2. The summed E-state index contributed by atoms with van der Waals surface area (Å²) in [5.41, 5.74) is 2.44. The van der Waals surface area contributed by atoms with E-state index in [1.54, 1.807) is 4.90 Å². The molecule has 5 rings (SSSR count). The highest BCUT2D eigenvalue weighted by atomic mass is 32.2. The van der Waals surface area contributed by atoms with Gasteiger partial charge in [0.1, 0.15) is 0 Å². The third-order valence-electron chi connectivity index (χ3n) is 5.59. The third-order valence-corrected chi connectivity index (χ3v) is 6.63. The van der Waals surface area contributed by atoms with E-state index in [4.69, 9.17) is 4.98 Å². The number of nitrogens with zero attached hydrogens (tertiary/aromatic N) is 4. The van der Waals surface area contributed by atoms with Crippen LogP contribution in [-0.4, -0.2) is 47.2 Å². The molecule has 0 unspecified atom stereocenters. The van der Waals surface area contributed by atoms with Gasteiger partial charge in [0.25, 0.3) is 0 Å². The van der Waals surface area contributed by atoms with Crippen molar-refractivity contribution in [2.75, 3.05) is 40.5 Å². The molecular formula is C23H23N5O2S. The molecule has 1 N–H and O–H groups in total. The van der Waals surface area contributed by atoms with Crippen LogP contribution in [0.3, 0.4) is 0 Å². The van der Waals surface area contributed by atoms with Crippen molar-refractivity contribution in [3.8, 4) is 0 Å². The van der Waals surface area contributed by atoms with Crippen LogP contribution in [0.25, 0.3) is 11.0 Å². The molecular weight excluding hydrogens is 410 g/mol. The normalized spacial score (nSPS) is 15.9. The van der Waals surface area contributed by atoms with Gasteiger partial charge in [-0.15, -0.1) is 11.8 Å². The minimum absolute atomic E-state index is 0.0275. The maximum Gasteiger partial charge on any atom is 0.237 e. The molecule has 0 bridgehead atoms. The molecule has 7 nitrogen and oxygen atoms in total. The molecule has 1 fully saturated rings. The molecule has 31 heavy (non-hydrogen) atoms. The van der Waals surface area contributed by atoms with Crippen molar-refractivity contribution in [1.82, 2.24) is 9.97 Å². The first-order valence-electron chi connectivity index (χ1n) is 10.5. The first-order valence-corrected chi connectivity index (χ1v) is 11.5. The van der Waals surface area contributed by atoms with Gasteiger partial charge in [-0.3, -0.25) is 9.59 Å². The molecule has 1 aromatic heterocycles. The van der Waals surface area contributed by atoms with Gasteiger partial charge in [0.05, 0.1) is 22.5 Å². The third kappa shape index (κ3) is 4.07. The van der Waals surface area contributed by atoms with Crippen LogP contribution >= 0.6 is 11.8 Å². The Labute approximate surface area is 184 Å². The number of rotatable bonds is 5. The molecule has 158 valence electrons. The fourth-order valence-electron chi connectivity index (χ4n) is 4.03. The summed E-state index contributed by atoms with van der Waals surface area (Å²) in [6, 6.07) is 15.5. The molecule has 2 amide bonds. The summed E-state index contributed by atoms with van der Waals surface area (Å²) in [6.45, 7) is 2.15. The zero-order valence-electron chi connectivity index (χ0n) is 17.1. The van der Waals surface area contributed by atoms with Crippen LogP contribution in [0.15, 0.2) is 53.4 Å². The lowest BCUT2D eigenvalue weighted by Crippen LogP contribution is -2.37. The molecule has 0 spiro atoms. The van der Waals surface area contributed by atoms with E-state index in [2.05, 4.69) is 15.2 Å². The number of nitrogens with one attached hydrogen (secondary N) is 1. The fourth-order valence-corrected chi connectivity index (χ4v) is 4.97. The Morgan fingerprint density at radius 3 is 2.52 bits per heavy atom. The lowest BCUT2D eigenvalue weighted by atomic mass is 10.2. The Morgan fingerprint density at radius 2 is 1.71 bits per heavy atom. The van der Waals surface area contributed by atoms with Gasteiger partial charge in [-0.2, -0.15) is 0 Å². The average Bonchev–Trinajstić information content (AvgIpc) is 3.33. The lowest BCUT2D eigenvalue weighted by Gasteiger charge is -2.28. The van der Waals surface area contributed by atoms with Crippen molar-refractivity contribution in [2.45, 2.75) is 24.2 Å². The average molecular weight is 434 g/mol. The maximum atomic E-state index is 12.8. The first-order chi connectivity index (χ1) is 15.2. The Balaban J connectivity index is 1.35. The van der Waals surface area contributed by atoms with E-state index in [9.17, 15) is 9.59 Å². The Kier molecular flexibility index (Phi) is 5.46. The molecule has 0 saturated carbocycles. The van der Waals surface area contributed by atoms with Gasteiger partial charge in [0, 0.05) is 31.0 Å².